The van der Waals surface area contributed by atoms with Gasteiger partial charge in [-0.25, -0.2) is 0 Å². The van der Waals surface area contributed by atoms with Crippen molar-refractivity contribution in [2.24, 2.45) is 11.8 Å². The van der Waals surface area contributed by atoms with Gasteiger partial charge >= 0.3 is 0 Å². The maximum Gasteiger partial charge on any atom is 0.282 e. The van der Waals surface area contributed by atoms with E-state index in [9.17, 15) is 23.1 Å². The second-order valence-electron chi connectivity index (χ2n) is 9.66. The van der Waals surface area contributed by atoms with Gasteiger partial charge in [-0.05, 0) is 49.8 Å². The van der Waals surface area contributed by atoms with Crippen LogP contribution in [-0.4, -0.2) is 84.2 Å². The summed E-state index contributed by atoms with van der Waals surface area (Å²) in [5.74, 6) is -1.28. The number of carbonyl (C=O) groups excluding carboxylic acids is 2. The smallest absolute Gasteiger partial charge is 0.282 e. The molecule has 0 aromatic heterocycles. The number of aliphatic hydroxyl groups excluding tert-OH is 1. The molecule has 2 N–H and O–H groups in total. The molecule has 0 unspecified atom stereocenters. The lowest BCUT2D eigenvalue weighted by atomic mass is 9.97. The van der Waals surface area contributed by atoms with Crippen LogP contribution < -0.4 is 5.32 Å². The number of hydrogen-bond acceptors (Lipinski definition) is 6. The summed E-state index contributed by atoms with van der Waals surface area (Å²) >= 11 is 5.97. The van der Waals surface area contributed by atoms with E-state index in [-0.39, 0.29) is 44.0 Å². The molecule has 0 spiro atoms. The van der Waals surface area contributed by atoms with Gasteiger partial charge in [-0.15, -0.1) is 0 Å². The van der Waals surface area contributed by atoms with E-state index < -0.39 is 28.2 Å². The van der Waals surface area contributed by atoms with Crippen molar-refractivity contribution in [3.05, 3.63) is 34.9 Å². The van der Waals surface area contributed by atoms with Crippen LogP contribution in [0.15, 0.2) is 24.3 Å². The quantitative estimate of drug-likeness (QED) is 0.513. The topological polar surface area (TPSA) is 134 Å². The number of amides is 2. The predicted octanol–water partition coefficient (Wildman–Crippen LogP) is 1.28. The van der Waals surface area contributed by atoms with Crippen molar-refractivity contribution < 1.29 is 23.1 Å². The fourth-order valence-corrected chi connectivity index (χ4v) is 7.09. The maximum atomic E-state index is 13.5. The van der Waals surface area contributed by atoms with Crippen LogP contribution in [0, 0.1) is 23.2 Å². The summed E-state index contributed by atoms with van der Waals surface area (Å²) in [6.07, 6.45) is 2.67. The Hall–Kier alpha value is -2.23. The highest BCUT2D eigenvalue weighted by Crippen LogP contribution is 2.29. The molecular formula is C24H32ClN5O5S. The van der Waals surface area contributed by atoms with E-state index in [2.05, 4.69) is 11.4 Å². The molecular weight excluding hydrogens is 506 g/mol. The first-order valence-electron chi connectivity index (χ1n) is 12.4. The van der Waals surface area contributed by atoms with E-state index in [1.165, 1.54) is 8.61 Å². The number of halogens is 1. The lowest BCUT2D eigenvalue weighted by Gasteiger charge is -2.41. The number of likely N-dealkylation sites (tertiary alicyclic amines) is 1. The molecule has 0 aliphatic carbocycles. The number of rotatable bonds is 8. The molecule has 0 saturated carbocycles. The van der Waals surface area contributed by atoms with E-state index >= 15 is 0 Å². The molecule has 3 saturated heterocycles. The van der Waals surface area contributed by atoms with Crippen LogP contribution in [0.1, 0.15) is 43.7 Å². The first kappa shape index (κ1) is 26.8. The predicted molar refractivity (Wildman–Crippen MR) is 133 cm³/mol. The zero-order chi connectivity index (χ0) is 25.9. The Morgan fingerprint density at radius 3 is 2.47 bits per heavy atom. The highest BCUT2D eigenvalue weighted by atomic mass is 35.5. The Bertz CT molecular complexity index is 1100. The van der Waals surface area contributed by atoms with Crippen LogP contribution in [-0.2, 0) is 19.8 Å². The van der Waals surface area contributed by atoms with Gasteiger partial charge < -0.3 is 15.3 Å². The van der Waals surface area contributed by atoms with Crippen molar-refractivity contribution >= 4 is 33.6 Å². The van der Waals surface area contributed by atoms with Crippen LogP contribution in [0.25, 0.3) is 0 Å². The summed E-state index contributed by atoms with van der Waals surface area (Å²) in [5, 5.41) is 22.0. The van der Waals surface area contributed by atoms with E-state index in [0.29, 0.717) is 50.2 Å². The summed E-state index contributed by atoms with van der Waals surface area (Å²) in [7, 11) is -3.71. The second-order valence-corrected chi connectivity index (χ2v) is 12.0. The Balaban J connectivity index is 1.40. The van der Waals surface area contributed by atoms with Crippen molar-refractivity contribution in [3.8, 4) is 6.07 Å². The van der Waals surface area contributed by atoms with Gasteiger partial charge in [-0.2, -0.15) is 22.3 Å². The summed E-state index contributed by atoms with van der Waals surface area (Å²) in [4.78, 5) is 28.3. The molecule has 3 atom stereocenters. The van der Waals surface area contributed by atoms with E-state index in [4.69, 9.17) is 16.9 Å². The molecule has 2 amide bonds. The van der Waals surface area contributed by atoms with Gasteiger partial charge in [-0.1, -0.05) is 23.7 Å². The summed E-state index contributed by atoms with van der Waals surface area (Å²) < 4.78 is 28.5. The number of aliphatic hydroxyl groups is 1. The Kier molecular flexibility index (Phi) is 8.52. The van der Waals surface area contributed by atoms with Crippen molar-refractivity contribution in [2.45, 2.75) is 44.2 Å². The first-order valence-corrected chi connectivity index (χ1v) is 14.1. The highest BCUT2D eigenvalue weighted by Gasteiger charge is 2.44. The van der Waals surface area contributed by atoms with E-state index in [0.717, 1.165) is 5.56 Å². The van der Waals surface area contributed by atoms with Gasteiger partial charge in [0.15, 0.2) is 0 Å². The minimum atomic E-state index is -3.71. The average molecular weight is 538 g/mol. The van der Waals surface area contributed by atoms with Gasteiger partial charge in [0.25, 0.3) is 10.2 Å². The van der Waals surface area contributed by atoms with Crippen molar-refractivity contribution in [3.63, 3.8) is 0 Å². The molecule has 0 radical (unpaired) electrons. The third-order valence-corrected chi connectivity index (χ3v) is 9.45. The van der Waals surface area contributed by atoms with Crippen LogP contribution in [0.3, 0.4) is 0 Å². The normalized spacial score (nSPS) is 24.6. The SMILES string of the molecule is N#CC1CN(S(=O)(=O)N2CCC[C@H](C(=O)N3CCC[C@@H]3C(=O)N[C@H](CCO)c3ccc(Cl)cc3)C2)C1. The van der Waals surface area contributed by atoms with Crippen LogP contribution in [0.5, 0.6) is 0 Å². The minimum Gasteiger partial charge on any atom is -0.396 e. The lowest BCUT2D eigenvalue weighted by molar-refractivity contribution is -0.142. The van der Waals surface area contributed by atoms with Gasteiger partial charge in [0.05, 0.1) is 23.9 Å². The molecule has 10 nitrogen and oxygen atoms in total. The van der Waals surface area contributed by atoms with Gasteiger partial charge in [0.1, 0.15) is 6.04 Å². The molecule has 4 rings (SSSR count). The lowest BCUT2D eigenvalue weighted by Crippen LogP contribution is -2.57. The van der Waals surface area contributed by atoms with Crippen LogP contribution in [0.2, 0.25) is 5.02 Å². The van der Waals surface area contributed by atoms with Gasteiger partial charge in [0.2, 0.25) is 11.8 Å². The maximum absolute atomic E-state index is 13.5. The molecule has 3 aliphatic rings. The Morgan fingerprint density at radius 1 is 1.11 bits per heavy atom. The van der Waals surface area contributed by atoms with E-state index in [1.807, 2.05) is 0 Å². The monoisotopic (exact) mass is 537 g/mol. The number of nitriles is 1. The zero-order valence-corrected chi connectivity index (χ0v) is 21.6. The minimum absolute atomic E-state index is 0.0810. The number of piperidine rings is 1. The number of hydrogen-bond donors (Lipinski definition) is 2. The highest BCUT2D eigenvalue weighted by molar-refractivity contribution is 7.86. The summed E-state index contributed by atoms with van der Waals surface area (Å²) in [5.41, 5.74) is 0.815. The number of benzene rings is 1. The van der Waals surface area contributed by atoms with E-state index in [1.54, 1.807) is 29.2 Å². The average Bonchev–Trinajstić information content (AvgIpc) is 3.33. The molecule has 196 valence electrons. The van der Waals surface area contributed by atoms with Crippen molar-refractivity contribution in [2.75, 3.05) is 39.3 Å². The molecule has 1 aromatic carbocycles. The number of nitrogens with one attached hydrogen (secondary N) is 1. The fraction of sp³-hybridized carbons (Fsp3) is 0.625. The Labute approximate surface area is 217 Å². The molecule has 0 bridgehead atoms. The zero-order valence-electron chi connectivity index (χ0n) is 20.1. The third-order valence-electron chi connectivity index (χ3n) is 7.26. The Morgan fingerprint density at radius 2 is 1.81 bits per heavy atom. The van der Waals surface area contributed by atoms with Crippen molar-refractivity contribution in [1.29, 1.82) is 5.26 Å². The molecule has 36 heavy (non-hydrogen) atoms. The standard InChI is InChI=1S/C24H32ClN5O5S/c25-20-7-5-18(6-8-20)21(9-12-31)27-23(32)22-4-2-11-30(22)24(33)19-3-1-10-28(16-19)36(34,35)29-14-17(13-26)15-29/h5-8,17,19,21-22,31H,1-4,9-12,14-16H2,(H,27,32)/t19-,21+,22+/m0/s1. The molecule has 12 heteroatoms. The van der Waals surface area contributed by atoms with Crippen LogP contribution in [0.4, 0.5) is 0 Å². The van der Waals surface area contributed by atoms with Crippen LogP contribution >= 0.6 is 11.6 Å². The van der Waals surface area contributed by atoms with Crippen molar-refractivity contribution in [1.82, 2.24) is 18.8 Å². The fourth-order valence-electron chi connectivity index (χ4n) is 5.18. The molecule has 3 aliphatic heterocycles. The molecule has 3 heterocycles. The summed E-state index contributed by atoms with van der Waals surface area (Å²) in [6.45, 7) is 1.13. The second kappa shape index (κ2) is 11.4. The molecule has 1 aromatic rings. The largest absolute Gasteiger partial charge is 0.396 e. The summed E-state index contributed by atoms with van der Waals surface area (Å²) in [6, 6.07) is 8.08. The van der Waals surface area contributed by atoms with Gasteiger partial charge in [0, 0.05) is 44.4 Å². The first-order chi connectivity index (χ1) is 17.2. The van der Waals surface area contributed by atoms with Gasteiger partial charge in [-0.3, -0.25) is 9.59 Å². The number of nitrogens with zero attached hydrogens (tertiary/aromatic N) is 4. The molecule has 3 fully saturated rings. The third kappa shape index (κ3) is 5.68. The number of carbonyl (C=O) groups is 2.